The van der Waals surface area contributed by atoms with Crippen molar-refractivity contribution in [2.45, 2.75) is 15.8 Å². The van der Waals surface area contributed by atoms with Crippen LogP contribution in [0.5, 0.6) is 11.5 Å². The molecule has 0 aliphatic carbocycles. The first-order valence-corrected chi connectivity index (χ1v) is 8.49. The summed E-state index contributed by atoms with van der Waals surface area (Å²) in [5, 5.41) is 3.38. The van der Waals surface area contributed by atoms with Gasteiger partial charge in [-0.1, -0.05) is 23.9 Å². The van der Waals surface area contributed by atoms with Crippen LogP contribution in [-0.2, 0) is 9.59 Å². The highest BCUT2D eigenvalue weighted by molar-refractivity contribution is 7.99. The van der Waals surface area contributed by atoms with Crippen LogP contribution in [0.15, 0.2) is 58.3 Å². The molecule has 2 aliphatic heterocycles. The lowest BCUT2D eigenvalue weighted by Crippen LogP contribution is -2.23. The third-order valence-electron chi connectivity index (χ3n) is 3.91. The lowest BCUT2D eigenvalue weighted by molar-refractivity contribution is -0.133. The number of fused-ring (bicyclic) bond motifs is 4. The number of esters is 2. The number of para-hydroxylation sites is 1. The van der Waals surface area contributed by atoms with Crippen molar-refractivity contribution in [3.63, 3.8) is 0 Å². The van der Waals surface area contributed by atoms with Gasteiger partial charge in [-0.15, -0.1) is 0 Å². The molecule has 0 saturated heterocycles. The SMILES string of the molecule is NCC1Nc2ccccc2Sc2ccc3c(c21)OC(=O)/C=C/C(=O)O3. The van der Waals surface area contributed by atoms with Gasteiger partial charge in [-0.25, -0.2) is 9.59 Å². The Hall–Kier alpha value is -2.77. The second-order valence-electron chi connectivity index (χ2n) is 5.51. The molecule has 0 aromatic heterocycles. The van der Waals surface area contributed by atoms with Crippen molar-refractivity contribution in [1.82, 2.24) is 0 Å². The molecule has 3 N–H and O–H groups in total. The molecule has 126 valence electrons. The lowest BCUT2D eigenvalue weighted by atomic mass is 10.0. The predicted octanol–water partition coefficient (Wildman–Crippen LogP) is 2.64. The first kappa shape index (κ1) is 15.7. The maximum Gasteiger partial charge on any atom is 0.336 e. The summed E-state index contributed by atoms with van der Waals surface area (Å²) in [5.74, 6) is -0.829. The van der Waals surface area contributed by atoms with Gasteiger partial charge in [0.05, 0.1) is 6.04 Å². The van der Waals surface area contributed by atoms with Crippen LogP contribution in [0.2, 0.25) is 0 Å². The Kier molecular flexibility index (Phi) is 3.95. The average Bonchev–Trinajstić information content (AvgIpc) is 2.77. The van der Waals surface area contributed by atoms with Gasteiger partial charge in [0.15, 0.2) is 11.5 Å². The Morgan fingerprint density at radius 1 is 1.00 bits per heavy atom. The number of benzene rings is 2. The topological polar surface area (TPSA) is 90.6 Å². The molecule has 2 heterocycles. The largest absolute Gasteiger partial charge is 0.419 e. The van der Waals surface area contributed by atoms with Crippen LogP contribution in [0.25, 0.3) is 0 Å². The number of rotatable bonds is 1. The number of anilines is 1. The molecule has 4 rings (SSSR count). The van der Waals surface area contributed by atoms with Crippen molar-refractivity contribution >= 4 is 29.4 Å². The van der Waals surface area contributed by atoms with E-state index in [1.54, 1.807) is 17.8 Å². The van der Waals surface area contributed by atoms with E-state index in [9.17, 15) is 9.59 Å². The molecular weight excluding hydrogens is 340 g/mol. The molecule has 0 amide bonds. The van der Waals surface area contributed by atoms with Gasteiger partial charge >= 0.3 is 11.9 Å². The quantitative estimate of drug-likeness (QED) is 0.601. The highest BCUT2D eigenvalue weighted by atomic mass is 32.2. The summed E-state index contributed by atoms with van der Waals surface area (Å²) in [7, 11) is 0. The highest BCUT2D eigenvalue weighted by Gasteiger charge is 2.29. The van der Waals surface area contributed by atoms with E-state index in [1.165, 1.54) is 0 Å². The van der Waals surface area contributed by atoms with Crippen LogP contribution in [0.1, 0.15) is 11.6 Å². The fourth-order valence-corrected chi connectivity index (χ4v) is 3.91. The average molecular weight is 354 g/mol. The molecule has 0 spiro atoms. The normalized spacial score (nSPS) is 19.6. The number of hydrogen-bond donors (Lipinski definition) is 2. The summed E-state index contributed by atoms with van der Waals surface area (Å²) in [6, 6.07) is 11.0. The maximum atomic E-state index is 12.0. The molecule has 2 aromatic carbocycles. The molecule has 1 atom stereocenters. The molecule has 2 aromatic rings. The first-order valence-electron chi connectivity index (χ1n) is 7.68. The summed E-state index contributed by atoms with van der Waals surface area (Å²) < 4.78 is 10.7. The predicted molar refractivity (Wildman–Crippen MR) is 92.8 cm³/mol. The molecule has 0 fully saturated rings. The summed E-state index contributed by atoms with van der Waals surface area (Å²) in [5.41, 5.74) is 7.63. The van der Waals surface area contributed by atoms with Gasteiger partial charge < -0.3 is 20.5 Å². The Bertz CT molecular complexity index is 910. The van der Waals surface area contributed by atoms with E-state index in [0.717, 1.165) is 27.6 Å². The molecular formula is C18H14N2O4S. The summed E-state index contributed by atoms with van der Waals surface area (Å²) in [4.78, 5) is 25.6. The number of ether oxygens (including phenoxy) is 2. The third-order valence-corrected chi connectivity index (χ3v) is 5.06. The van der Waals surface area contributed by atoms with Crippen LogP contribution >= 0.6 is 11.8 Å². The van der Waals surface area contributed by atoms with E-state index < -0.39 is 11.9 Å². The first-order chi connectivity index (χ1) is 12.2. The smallest absolute Gasteiger partial charge is 0.336 e. The van der Waals surface area contributed by atoms with Crippen LogP contribution in [0.3, 0.4) is 0 Å². The standard InChI is InChI=1S/C18H14N2O4S/c19-9-11-17-14(25-13-4-2-1-3-10(13)20-11)6-5-12-18(17)24-16(22)8-7-15(21)23-12/h1-8,11,20H,9,19H2/b8-7+. The minimum Gasteiger partial charge on any atom is -0.419 e. The molecule has 2 aliphatic rings. The van der Waals surface area contributed by atoms with Gasteiger partial charge in [0.25, 0.3) is 0 Å². The van der Waals surface area contributed by atoms with Crippen LogP contribution in [0.4, 0.5) is 5.69 Å². The number of carbonyl (C=O) groups is 2. The molecule has 0 radical (unpaired) electrons. The molecule has 25 heavy (non-hydrogen) atoms. The zero-order valence-corrected chi connectivity index (χ0v) is 13.8. The van der Waals surface area contributed by atoms with Gasteiger partial charge in [0.1, 0.15) is 0 Å². The number of carbonyl (C=O) groups excluding carboxylic acids is 2. The van der Waals surface area contributed by atoms with E-state index in [0.29, 0.717) is 5.56 Å². The van der Waals surface area contributed by atoms with Gasteiger partial charge in [-0.05, 0) is 24.3 Å². The molecule has 6 nitrogen and oxygen atoms in total. The van der Waals surface area contributed by atoms with Crippen molar-refractivity contribution < 1.29 is 19.1 Å². The van der Waals surface area contributed by atoms with Gasteiger partial charge in [0.2, 0.25) is 0 Å². The zero-order chi connectivity index (χ0) is 17.4. The van der Waals surface area contributed by atoms with Crippen LogP contribution < -0.4 is 20.5 Å². The molecule has 7 heteroatoms. The third kappa shape index (κ3) is 2.88. The van der Waals surface area contributed by atoms with E-state index in [1.807, 2.05) is 30.3 Å². The number of hydrogen-bond acceptors (Lipinski definition) is 7. The van der Waals surface area contributed by atoms with Crippen molar-refractivity contribution in [1.29, 1.82) is 0 Å². The van der Waals surface area contributed by atoms with E-state index >= 15 is 0 Å². The Labute approximate surface area is 148 Å². The van der Waals surface area contributed by atoms with E-state index in [2.05, 4.69) is 5.32 Å². The van der Waals surface area contributed by atoms with Crippen molar-refractivity contribution in [2.75, 3.05) is 11.9 Å². The van der Waals surface area contributed by atoms with Crippen molar-refractivity contribution in [2.24, 2.45) is 5.73 Å². The fraction of sp³-hybridized carbons (Fsp3) is 0.111. The molecule has 1 unspecified atom stereocenters. The summed E-state index contributed by atoms with van der Waals surface area (Å²) in [6.07, 6.45) is 2.09. The minimum atomic E-state index is -0.631. The second kappa shape index (κ2) is 6.27. The van der Waals surface area contributed by atoms with Crippen molar-refractivity contribution in [3.8, 4) is 11.5 Å². The Morgan fingerprint density at radius 2 is 1.76 bits per heavy atom. The zero-order valence-electron chi connectivity index (χ0n) is 13.0. The van der Waals surface area contributed by atoms with Gasteiger partial charge in [0, 0.05) is 39.7 Å². The lowest BCUT2D eigenvalue weighted by Gasteiger charge is -2.22. The number of nitrogens with one attached hydrogen (secondary N) is 1. The minimum absolute atomic E-state index is 0.202. The number of nitrogens with two attached hydrogens (primary N) is 1. The van der Waals surface area contributed by atoms with Gasteiger partial charge in [-0.2, -0.15) is 0 Å². The molecule has 0 saturated carbocycles. The monoisotopic (exact) mass is 354 g/mol. The molecule has 0 bridgehead atoms. The Morgan fingerprint density at radius 3 is 2.56 bits per heavy atom. The highest BCUT2D eigenvalue weighted by Crippen LogP contribution is 2.48. The maximum absolute atomic E-state index is 12.0. The van der Waals surface area contributed by atoms with Crippen LogP contribution in [-0.4, -0.2) is 18.5 Å². The van der Waals surface area contributed by atoms with Gasteiger partial charge in [-0.3, -0.25) is 0 Å². The summed E-state index contributed by atoms with van der Waals surface area (Å²) >= 11 is 1.54. The van der Waals surface area contributed by atoms with Crippen LogP contribution in [0, 0.1) is 0 Å². The van der Waals surface area contributed by atoms with E-state index in [-0.39, 0.29) is 24.1 Å². The Balaban J connectivity index is 1.90. The fourth-order valence-electron chi connectivity index (χ4n) is 2.81. The van der Waals surface area contributed by atoms with E-state index in [4.69, 9.17) is 15.2 Å². The summed E-state index contributed by atoms with van der Waals surface area (Å²) in [6.45, 7) is 0.277. The second-order valence-corrected chi connectivity index (χ2v) is 6.59. The van der Waals surface area contributed by atoms with Crippen molar-refractivity contribution in [3.05, 3.63) is 54.1 Å².